The molecule has 8 heteroatoms. The van der Waals surface area contributed by atoms with Crippen LogP contribution in [0.3, 0.4) is 0 Å². The van der Waals surface area contributed by atoms with Gasteiger partial charge in [-0.1, -0.05) is 50.0 Å². The van der Waals surface area contributed by atoms with Gasteiger partial charge in [-0.15, -0.1) is 0 Å². The van der Waals surface area contributed by atoms with Crippen LogP contribution >= 0.6 is 0 Å². The van der Waals surface area contributed by atoms with E-state index >= 15 is 0 Å². The van der Waals surface area contributed by atoms with Crippen molar-refractivity contribution in [1.82, 2.24) is 0 Å². The Labute approximate surface area is 139 Å². The monoisotopic (exact) mass is 372 g/mol. The lowest BCUT2D eigenvalue weighted by molar-refractivity contribution is -0.0499. The third kappa shape index (κ3) is 2.63. The van der Waals surface area contributed by atoms with Gasteiger partial charge in [0, 0.05) is 0 Å². The Balaban J connectivity index is 2.15. The number of hydrogen-bond donors (Lipinski definition) is 0. The molecule has 0 N–H and O–H groups in total. The summed E-state index contributed by atoms with van der Waals surface area (Å²) in [4.78, 5) is 0. The molecule has 24 heavy (non-hydrogen) atoms. The molecule has 3 nitrogen and oxygen atoms in total. The highest BCUT2D eigenvalue weighted by molar-refractivity contribution is 7.88. The van der Waals surface area contributed by atoms with Crippen LogP contribution in [0.4, 0.5) is 13.2 Å². The molecule has 0 unspecified atom stereocenters. The number of fused-ring (bicyclic) bond motifs is 4. The largest absolute Gasteiger partial charge is 0.534 e. The summed E-state index contributed by atoms with van der Waals surface area (Å²) in [5.74, 6) is -0.222. The SMILES string of the molecule is C[Si](C)(C)c1cc2c(cc1OS(=O)(=O)C(F)(F)F)-c1ccccc1-2. The zero-order valence-electron chi connectivity index (χ0n) is 13.2. The van der Waals surface area contributed by atoms with Crippen LogP contribution in [0, 0.1) is 0 Å². The topological polar surface area (TPSA) is 43.4 Å². The van der Waals surface area contributed by atoms with Gasteiger partial charge < -0.3 is 4.18 Å². The first-order valence-corrected chi connectivity index (χ1v) is 12.1. The quantitative estimate of drug-likeness (QED) is 0.395. The standard InChI is InChI=1S/C16H15F3O3SSi/c1-24(2,3)15-9-13-11-7-5-4-6-10(11)12(13)8-14(15)22-23(20,21)16(17,18)19/h4-9H,1-3H3. The summed E-state index contributed by atoms with van der Waals surface area (Å²) >= 11 is 0. The molecule has 0 heterocycles. The molecule has 0 spiro atoms. The number of halogens is 3. The summed E-state index contributed by atoms with van der Waals surface area (Å²) in [7, 11) is -7.83. The van der Waals surface area contributed by atoms with Crippen molar-refractivity contribution in [2.24, 2.45) is 0 Å². The summed E-state index contributed by atoms with van der Waals surface area (Å²) in [5.41, 5.74) is -1.94. The van der Waals surface area contributed by atoms with E-state index in [4.69, 9.17) is 0 Å². The number of rotatable bonds is 3. The molecule has 2 aromatic rings. The highest BCUT2D eigenvalue weighted by Gasteiger charge is 2.49. The van der Waals surface area contributed by atoms with Crippen molar-refractivity contribution in [3.8, 4) is 28.0 Å². The van der Waals surface area contributed by atoms with Gasteiger partial charge in [0.2, 0.25) is 0 Å². The lowest BCUT2D eigenvalue weighted by atomic mass is 9.81. The van der Waals surface area contributed by atoms with Crippen LogP contribution < -0.4 is 9.37 Å². The highest BCUT2D eigenvalue weighted by Crippen LogP contribution is 2.48. The van der Waals surface area contributed by atoms with E-state index in [0.717, 1.165) is 16.7 Å². The summed E-state index contributed by atoms with van der Waals surface area (Å²) < 4.78 is 65.4. The smallest absolute Gasteiger partial charge is 0.376 e. The van der Waals surface area contributed by atoms with E-state index in [0.29, 0.717) is 10.8 Å². The molecule has 0 atom stereocenters. The molecule has 1 aliphatic rings. The van der Waals surface area contributed by atoms with Crippen LogP contribution in [0.15, 0.2) is 36.4 Å². The first-order valence-electron chi connectivity index (χ1n) is 7.21. The van der Waals surface area contributed by atoms with Crippen LogP contribution in [0.25, 0.3) is 22.3 Å². The summed E-state index contributed by atoms with van der Waals surface area (Å²) in [6.07, 6.45) is 0. The van der Waals surface area contributed by atoms with Crippen molar-refractivity contribution >= 4 is 23.4 Å². The first kappa shape index (κ1) is 17.0. The molecule has 128 valence electrons. The van der Waals surface area contributed by atoms with Crippen LogP contribution in [0.2, 0.25) is 19.6 Å². The average molecular weight is 372 g/mol. The molecule has 0 saturated heterocycles. The van der Waals surface area contributed by atoms with E-state index in [-0.39, 0.29) is 5.75 Å². The zero-order valence-corrected chi connectivity index (χ0v) is 15.0. The first-order chi connectivity index (χ1) is 10.9. The zero-order chi connectivity index (χ0) is 17.9. The van der Waals surface area contributed by atoms with Gasteiger partial charge in [-0.25, -0.2) is 0 Å². The Morgan fingerprint density at radius 2 is 1.42 bits per heavy atom. The van der Waals surface area contributed by atoms with Gasteiger partial charge in [0.05, 0.1) is 8.07 Å². The molecule has 0 aliphatic heterocycles. The van der Waals surface area contributed by atoms with Gasteiger partial charge >= 0.3 is 15.6 Å². The van der Waals surface area contributed by atoms with Gasteiger partial charge in [0.15, 0.2) is 0 Å². The Kier molecular flexibility index (Phi) is 3.62. The lowest BCUT2D eigenvalue weighted by Gasteiger charge is -2.29. The fourth-order valence-corrected chi connectivity index (χ4v) is 4.72. The number of benzene rings is 2. The minimum absolute atomic E-state index is 0.222. The second-order valence-corrected chi connectivity index (χ2v) is 13.2. The minimum Gasteiger partial charge on any atom is -0.376 e. The number of hydrogen-bond acceptors (Lipinski definition) is 3. The Morgan fingerprint density at radius 3 is 1.88 bits per heavy atom. The third-order valence-corrected chi connectivity index (χ3v) is 6.89. The fourth-order valence-electron chi connectivity index (χ4n) is 2.74. The third-order valence-electron chi connectivity index (χ3n) is 3.92. The van der Waals surface area contributed by atoms with Crippen molar-refractivity contribution in [2.75, 3.05) is 0 Å². The number of alkyl halides is 3. The average Bonchev–Trinajstić information content (AvgIpc) is 2.42. The molecule has 2 aromatic carbocycles. The summed E-state index contributed by atoms with van der Waals surface area (Å²) in [6.45, 7) is 5.77. The van der Waals surface area contributed by atoms with Gasteiger partial charge in [0.25, 0.3) is 0 Å². The molecule has 0 amide bonds. The van der Waals surface area contributed by atoms with Crippen LogP contribution in [0.1, 0.15) is 0 Å². The molecular formula is C16H15F3O3SSi. The van der Waals surface area contributed by atoms with Crippen LogP contribution in [0.5, 0.6) is 5.75 Å². The van der Waals surface area contributed by atoms with Gasteiger partial charge in [-0.3, -0.25) is 0 Å². The minimum atomic E-state index is -5.69. The molecule has 0 saturated carbocycles. The van der Waals surface area contributed by atoms with Crippen molar-refractivity contribution in [1.29, 1.82) is 0 Å². The highest BCUT2D eigenvalue weighted by atomic mass is 32.2. The Hall–Kier alpha value is -1.80. The normalized spacial score (nSPS) is 13.8. The van der Waals surface area contributed by atoms with Gasteiger partial charge in [-0.2, -0.15) is 21.6 Å². The van der Waals surface area contributed by atoms with E-state index in [1.54, 1.807) is 6.07 Å². The molecular weight excluding hydrogens is 357 g/mol. The van der Waals surface area contributed by atoms with E-state index < -0.39 is 23.7 Å². The predicted molar refractivity (Wildman–Crippen MR) is 89.5 cm³/mol. The summed E-state index contributed by atoms with van der Waals surface area (Å²) in [6, 6.07) is 10.7. The van der Waals surface area contributed by atoms with E-state index in [1.807, 2.05) is 43.9 Å². The molecule has 1 aliphatic carbocycles. The maximum atomic E-state index is 12.7. The predicted octanol–water partition coefficient (Wildman–Crippen LogP) is 4.11. The molecule has 0 radical (unpaired) electrons. The van der Waals surface area contributed by atoms with Gasteiger partial charge in [0.1, 0.15) is 5.75 Å². The van der Waals surface area contributed by atoms with Crippen molar-refractivity contribution < 1.29 is 25.8 Å². The second-order valence-electron chi connectivity index (χ2n) is 6.67. The van der Waals surface area contributed by atoms with Crippen molar-refractivity contribution in [3.05, 3.63) is 36.4 Å². The fraction of sp³-hybridized carbons (Fsp3) is 0.250. The van der Waals surface area contributed by atoms with E-state index in [1.165, 1.54) is 6.07 Å². The molecule has 0 fully saturated rings. The second kappa shape index (κ2) is 5.09. The summed E-state index contributed by atoms with van der Waals surface area (Å²) in [5, 5.41) is 0.545. The Morgan fingerprint density at radius 1 is 0.917 bits per heavy atom. The van der Waals surface area contributed by atoms with Crippen LogP contribution in [-0.4, -0.2) is 22.0 Å². The van der Waals surface area contributed by atoms with E-state index in [2.05, 4.69) is 4.18 Å². The Bertz CT molecular complexity index is 929. The van der Waals surface area contributed by atoms with Crippen molar-refractivity contribution in [2.45, 2.75) is 25.1 Å². The molecule has 0 bridgehead atoms. The molecule has 0 aromatic heterocycles. The van der Waals surface area contributed by atoms with Crippen LogP contribution in [-0.2, 0) is 10.1 Å². The van der Waals surface area contributed by atoms with E-state index in [9.17, 15) is 21.6 Å². The maximum Gasteiger partial charge on any atom is 0.534 e. The lowest BCUT2D eigenvalue weighted by Crippen LogP contribution is -2.41. The molecule has 3 rings (SSSR count). The van der Waals surface area contributed by atoms with Crippen molar-refractivity contribution in [3.63, 3.8) is 0 Å². The van der Waals surface area contributed by atoms with Gasteiger partial charge in [-0.05, 0) is 33.5 Å². The maximum absolute atomic E-state index is 12.7.